The van der Waals surface area contributed by atoms with Gasteiger partial charge in [-0.05, 0) is 25.1 Å². The maximum atomic E-state index is 12.0. The highest BCUT2D eigenvalue weighted by atomic mass is 79.9. The number of nitrogen functional groups attached to an aromatic ring is 1. The second kappa shape index (κ2) is 5.85. The van der Waals surface area contributed by atoms with Gasteiger partial charge in [0, 0.05) is 17.2 Å². The Balaban J connectivity index is 2.12. The van der Waals surface area contributed by atoms with E-state index in [0.29, 0.717) is 27.7 Å². The smallest absolute Gasteiger partial charge is 0.338 e. The van der Waals surface area contributed by atoms with Crippen LogP contribution in [0.5, 0.6) is 0 Å². The van der Waals surface area contributed by atoms with Crippen molar-refractivity contribution < 1.29 is 9.53 Å². The average Bonchev–Trinajstić information content (AvgIpc) is 2.60. The molecule has 1 heterocycles. The van der Waals surface area contributed by atoms with Gasteiger partial charge in [-0.1, -0.05) is 27.5 Å². The van der Waals surface area contributed by atoms with E-state index in [1.165, 1.54) is 0 Å². The number of nitrogens with zero attached hydrogens (tertiary/aromatic N) is 2. The first-order valence-electron chi connectivity index (χ1n) is 5.79. The molecule has 0 fully saturated rings. The Hall–Kier alpha value is -1.53. The first-order valence-corrected chi connectivity index (χ1v) is 6.96. The monoisotopic (exact) mass is 357 g/mol. The number of esters is 1. The van der Waals surface area contributed by atoms with Crippen molar-refractivity contribution in [2.45, 2.75) is 13.5 Å². The molecule has 2 N–H and O–H groups in total. The summed E-state index contributed by atoms with van der Waals surface area (Å²) in [7, 11) is 1.75. The molecule has 0 aliphatic heterocycles. The first kappa shape index (κ1) is 14.9. The van der Waals surface area contributed by atoms with E-state index >= 15 is 0 Å². The fourth-order valence-electron chi connectivity index (χ4n) is 1.78. The number of benzene rings is 1. The molecule has 0 aliphatic carbocycles. The van der Waals surface area contributed by atoms with Gasteiger partial charge >= 0.3 is 5.97 Å². The van der Waals surface area contributed by atoms with Crippen molar-refractivity contribution in [2.75, 3.05) is 5.73 Å². The first-order chi connectivity index (χ1) is 9.38. The molecule has 106 valence electrons. The lowest BCUT2D eigenvalue weighted by atomic mass is 10.2. The summed E-state index contributed by atoms with van der Waals surface area (Å²) >= 11 is 9.37. The van der Waals surface area contributed by atoms with Crippen LogP contribution in [0.1, 0.15) is 21.7 Å². The summed E-state index contributed by atoms with van der Waals surface area (Å²) in [6.45, 7) is 1.85. The molecule has 0 bridgehead atoms. The minimum absolute atomic E-state index is 0.0570. The molecule has 0 unspecified atom stereocenters. The Bertz CT molecular complexity index is 650. The number of hydrogen-bond donors (Lipinski definition) is 1. The van der Waals surface area contributed by atoms with Crippen LogP contribution in [0.3, 0.4) is 0 Å². The quantitative estimate of drug-likeness (QED) is 0.676. The van der Waals surface area contributed by atoms with Gasteiger partial charge in [-0.15, -0.1) is 0 Å². The van der Waals surface area contributed by atoms with Gasteiger partial charge in [0.25, 0.3) is 0 Å². The molecule has 1 aromatic heterocycles. The molecule has 1 aromatic carbocycles. The third-order valence-corrected chi connectivity index (χ3v) is 3.71. The van der Waals surface area contributed by atoms with Gasteiger partial charge in [-0.25, -0.2) is 4.79 Å². The lowest BCUT2D eigenvalue weighted by molar-refractivity contribution is 0.0463. The summed E-state index contributed by atoms with van der Waals surface area (Å²) in [6.07, 6.45) is 0. The summed E-state index contributed by atoms with van der Waals surface area (Å²) in [5.41, 5.74) is 7.91. The number of rotatable bonds is 3. The van der Waals surface area contributed by atoms with E-state index in [9.17, 15) is 4.79 Å². The molecule has 0 saturated carbocycles. The van der Waals surface area contributed by atoms with Crippen molar-refractivity contribution in [1.82, 2.24) is 9.78 Å². The maximum absolute atomic E-state index is 12.0. The molecular weight excluding hydrogens is 346 g/mol. The lowest BCUT2D eigenvalue weighted by Gasteiger charge is -2.07. The molecule has 0 radical (unpaired) electrons. The second-order valence-corrected chi connectivity index (χ2v) is 5.61. The molecule has 20 heavy (non-hydrogen) atoms. The minimum Gasteiger partial charge on any atom is -0.456 e. The maximum Gasteiger partial charge on any atom is 0.338 e. The topological polar surface area (TPSA) is 70.1 Å². The van der Waals surface area contributed by atoms with Crippen LogP contribution in [0.2, 0.25) is 5.02 Å². The molecular formula is C13H13BrClN3O2. The van der Waals surface area contributed by atoms with Gasteiger partial charge in [0.15, 0.2) is 0 Å². The van der Waals surface area contributed by atoms with Gasteiger partial charge in [-0.3, -0.25) is 4.68 Å². The van der Waals surface area contributed by atoms with E-state index in [1.807, 2.05) is 0 Å². The standard InChI is InChI=1S/C13H13BrClN3O2/c1-7-12(15)11(18(2)17-7)6-20-13(19)8-3-9(14)5-10(16)4-8/h3-5H,6,16H2,1-2H3. The zero-order chi connectivity index (χ0) is 14.9. The van der Waals surface area contributed by atoms with Crippen LogP contribution in [-0.4, -0.2) is 15.7 Å². The number of carbonyl (C=O) groups excluding carboxylic acids is 1. The normalized spacial score (nSPS) is 10.6. The number of anilines is 1. The van der Waals surface area contributed by atoms with Crippen LogP contribution < -0.4 is 5.73 Å². The van der Waals surface area contributed by atoms with Crippen LogP contribution in [-0.2, 0) is 18.4 Å². The summed E-state index contributed by atoms with van der Waals surface area (Å²) in [5, 5.41) is 4.66. The second-order valence-electron chi connectivity index (χ2n) is 4.32. The number of carbonyl (C=O) groups is 1. The van der Waals surface area contributed by atoms with E-state index in [-0.39, 0.29) is 6.61 Å². The highest BCUT2D eigenvalue weighted by molar-refractivity contribution is 9.10. The van der Waals surface area contributed by atoms with Gasteiger partial charge in [0.1, 0.15) is 6.61 Å². The number of nitrogens with two attached hydrogens (primary N) is 1. The molecule has 7 heteroatoms. The van der Waals surface area contributed by atoms with Crippen molar-refractivity contribution in [3.63, 3.8) is 0 Å². The largest absolute Gasteiger partial charge is 0.456 e. The lowest BCUT2D eigenvalue weighted by Crippen LogP contribution is -2.08. The Morgan fingerprint density at radius 2 is 2.20 bits per heavy atom. The molecule has 0 aliphatic rings. The van der Waals surface area contributed by atoms with Crippen LogP contribution in [0.4, 0.5) is 5.69 Å². The van der Waals surface area contributed by atoms with Crippen LogP contribution in [0.25, 0.3) is 0 Å². The zero-order valence-corrected chi connectivity index (χ0v) is 13.3. The summed E-state index contributed by atoms with van der Waals surface area (Å²) in [6, 6.07) is 4.91. The van der Waals surface area contributed by atoms with Crippen molar-refractivity contribution >= 4 is 39.2 Å². The molecule has 2 rings (SSSR count). The highest BCUT2D eigenvalue weighted by Gasteiger charge is 2.15. The third kappa shape index (κ3) is 3.13. The van der Waals surface area contributed by atoms with Crippen LogP contribution >= 0.6 is 27.5 Å². The van der Waals surface area contributed by atoms with E-state index in [2.05, 4.69) is 21.0 Å². The van der Waals surface area contributed by atoms with Crippen LogP contribution in [0, 0.1) is 6.92 Å². The van der Waals surface area contributed by atoms with Crippen LogP contribution in [0.15, 0.2) is 22.7 Å². The summed E-state index contributed by atoms with van der Waals surface area (Å²) < 4.78 is 7.56. The number of aryl methyl sites for hydroxylation is 2. The Morgan fingerprint density at radius 1 is 1.50 bits per heavy atom. The molecule has 5 nitrogen and oxygen atoms in total. The summed E-state index contributed by atoms with van der Waals surface area (Å²) in [5.74, 6) is -0.465. The third-order valence-electron chi connectivity index (χ3n) is 2.76. The van der Waals surface area contributed by atoms with Crippen molar-refractivity contribution in [2.24, 2.45) is 7.05 Å². The minimum atomic E-state index is -0.465. The fraction of sp³-hybridized carbons (Fsp3) is 0.231. The SMILES string of the molecule is Cc1nn(C)c(COC(=O)c2cc(N)cc(Br)c2)c1Cl. The van der Waals surface area contributed by atoms with Crippen molar-refractivity contribution in [1.29, 1.82) is 0 Å². The predicted molar refractivity (Wildman–Crippen MR) is 80.6 cm³/mol. The Kier molecular flexibility index (Phi) is 4.35. The Morgan fingerprint density at radius 3 is 2.75 bits per heavy atom. The number of ether oxygens (including phenoxy) is 1. The zero-order valence-electron chi connectivity index (χ0n) is 11.0. The molecule has 0 atom stereocenters. The Labute approximate surface area is 129 Å². The fourth-order valence-corrected chi connectivity index (χ4v) is 2.51. The van der Waals surface area contributed by atoms with Gasteiger partial charge < -0.3 is 10.5 Å². The number of hydrogen-bond acceptors (Lipinski definition) is 4. The van der Waals surface area contributed by atoms with Gasteiger partial charge in [0.05, 0.1) is 22.0 Å². The summed E-state index contributed by atoms with van der Waals surface area (Å²) in [4.78, 5) is 12.0. The van der Waals surface area contributed by atoms with E-state index in [1.54, 1.807) is 36.9 Å². The predicted octanol–water partition coefficient (Wildman–Crippen LogP) is 3.08. The molecule has 2 aromatic rings. The highest BCUT2D eigenvalue weighted by Crippen LogP contribution is 2.22. The van der Waals surface area contributed by atoms with E-state index < -0.39 is 5.97 Å². The molecule has 0 amide bonds. The van der Waals surface area contributed by atoms with Crippen molar-refractivity contribution in [3.8, 4) is 0 Å². The molecule has 0 saturated heterocycles. The van der Waals surface area contributed by atoms with Gasteiger partial charge in [-0.2, -0.15) is 5.10 Å². The number of halogens is 2. The molecule has 0 spiro atoms. The number of aromatic nitrogens is 2. The average molecular weight is 359 g/mol. The van der Waals surface area contributed by atoms with E-state index in [0.717, 1.165) is 4.47 Å². The van der Waals surface area contributed by atoms with Crippen molar-refractivity contribution in [3.05, 3.63) is 44.6 Å². The van der Waals surface area contributed by atoms with Gasteiger partial charge in [0.2, 0.25) is 0 Å². The van der Waals surface area contributed by atoms with E-state index in [4.69, 9.17) is 22.1 Å².